The van der Waals surface area contributed by atoms with Crippen molar-refractivity contribution in [1.82, 2.24) is 15.0 Å². The van der Waals surface area contributed by atoms with Gasteiger partial charge in [0.05, 0.1) is 13.1 Å². The van der Waals surface area contributed by atoms with Crippen molar-refractivity contribution in [3.8, 4) is 0 Å². The molecule has 0 saturated heterocycles. The molecule has 0 spiro atoms. The van der Waals surface area contributed by atoms with Gasteiger partial charge in [-0.2, -0.15) is 4.98 Å². The van der Waals surface area contributed by atoms with Gasteiger partial charge >= 0.3 is 0 Å². The Morgan fingerprint density at radius 3 is 2.45 bits per heavy atom. The molecule has 0 fully saturated rings. The molecule has 0 aliphatic rings. The second kappa shape index (κ2) is 7.81. The summed E-state index contributed by atoms with van der Waals surface area (Å²) >= 11 is 12.3. The molecule has 8 heteroatoms. The van der Waals surface area contributed by atoms with Crippen molar-refractivity contribution >= 4 is 35.6 Å². The number of aromatic nitrogens is 2. The molecule has 1 aromatic carbocycles. The number of nitrogens with zero attached hydrogens (tertiary/aromatic N) is 3. The molecule has 0 saturated carbocycles. The lowest BCUT2D eigenvalue weighted by molar-refractivity contribution is 0.300. The highest BCUT2D eigenvalue weighted by molar-refractivity contribution is 6.35. The van der Waals surface area contributed by atoms with Crippen LogP contribution in [0.3, 0.4) is 0 Å². The Morgan fingerprint density at radius 1 is 1.25 bits per heavy atom. The molecule has 1 heterocycles. The molecule has 5 nitrogen and oxygen atoms in total. The van der Waals surface area contributed by atoms with Gasteiger partial charge in [-0.3, -0.25) is 4.90 Å². The Morgan fingerprint density at radius 2 is 1.90 bits per heavy atom. The summed E-state index contributed by atoms with van der Waals surface area (Å²) in [6.07, 6.45) is 0. The summed E-state index contributed by atoms with van der Waals surface area (Å²) < 4.78 is 4.95. The van der Waals surface area contributed by atoms with Gasteiger partial charge in [-0.05, 0) is 19.2 Å². The molecule has 2 N–H and O–H groups in total. The van der Waals surface area contributed by atoms with E-state index in [1.807, 2.05) is 30.1 Å². The van der Waals surface area contributed by atoms with Gasteiger partial charge in [0, 0.05) is 22.2 Å². The van der Waals surface area contributed by atoms with Gasteiger partial charge in [-0.1, -0.05) is 34.4 Å². The van der Waals surface area contributed by atoms with E-state index in [1.165, 1.54) is 0 Å². The van der Waals surface area contributed by atoms with E-state index < -0.39 is 0 Å². The van der Waals surface area contributed by atoms with Crippen LogP contribution in [0.25, 0.3) is 0 Å². The lowest BCUT2D eigenvalue weighted by Crippen LogP contribution is -2.18. The van der Waals surface area contributed by atoms with Crippen molar-refractivity contribution in [2.45, 2.75) is 19.6 Å². The van der Waals surface area contributed by atoms with Crippen LogP contribution in [0.4, 0.5) is 0 Å². The Kier molecular flexibility index (Phi) is 6.71. The molecule has 0 unspecified atom stereocenters. The minimum atomic E-state index is 0. The van der Waals surface area contributed by atoms with Gasteiger partial charge in [0.1, 0.15) is 0 Å². The van der Waals surface area contributed by atoms with E-state index in [2.05, 4.69) is 10.1 Å². The first-order valence-corrected chi connectivity index (χ1v) is 6.48. The first-order valence-electron chi connectivity index (χ1n) is 5.73. The predicted molar refractivity (Wildman–Crippen MR) is 81.1 cm³/mol. The summed E-state index contributed by atoms with van der Waals surface area (Å²) in [6, 6.07) is 5.45. The van der Waals surface area contributed by atoms with Crippen molar-refractivity contribution in [3.05, 3.63) is 45.5 Å². The van der Waals surface area contributed by atoms with Gasteiger partial charge in [0.25, 0.3) is 0 Å². The molecule has 0 aliphatic carbocycles. The summed E-state index contributed by atoms with van der Waals surface area (Å²) in [4.78, 5) is 6.14. The number of hydrogen-bond donors (Lipinski definition) is 1. The zero-order valence-electron chi connectivity index (χ0n) is 10.8. The molecule has 0 amide bonds. The van der Waals surface area contributed by atoms with E-state index in [4.69, 9.17) is 33.5 Å². The van der Waals surface area contributed by atoms with E-state index in [9.17, 15) is 0 Å². The molecular formula is C12H15Cl3N4O. The van der Waals surface area contributed by atoms with Crippen LogP contribution >= 0.6 is 35.6 Å². The lowest BCUT2D eigenvalue weighted by atomic mass is 10.2. The van der Waals surface area contributed by atoms with Crippen LogP contribution in [0.5, 0.6) is 0 Å². The average molecular weight is 338 g/mol. The smallest absolute Gasteiger partial charge is 0.240 e. The third-order valence-electron chi connectivity index (χ3n) is 2.59. The number of rotatable bonds is 5. The molecular weight excluding hydrogens is 323 g/mol. The number of hydrogen-bond acceptors (Lipinski definition) is 5. The number of nitrogens with two attached hydrogens (primary N) is 1. The maximum Gasteiger partial charge on any atom is 0.240 e. The fourth-order valence-electron chi connectivity index (χ4n) is 1.69. The maximum atomic E-state index is 6.13. The van der Waals surface area contributed by atoms with Crippen molar-refractivity contribution in [1.29, 1.82) is 0 Å². The van der Waals surface area contributed by atoms with Crippen molar-refractivity contribution < 1.29 is 4.52 Å². The third-order valence-corrected chi connectivity index (χ3v) is 3.29. The van der Waals surface area contributed by atoms with Crippen LogP contribution in [0.15, 0.2) is 22.7 Å². The lowest BCUT2D eigenvalue weighted by Gasteiger charge is -2.16. The summed E-state index contributed by atoms with van der Waals surface area (Å²) in [5.74, 6) is 1.02. The Hall–Kier alpha value is -0.850. The average Bonchev–Trinajstić information content (AvgIpc) is 2.81. The highest BCUT2D eigenvalue weighted by Gasteiger charge is 2.11. The minimum Gasteiger partial charge on any atom is -0.338 e. The molecule has 2 aromatic rings. The van der Waals surface area contributed by atoms with Crippen LogP contribution < -0.4 is 5.73 Å². The minimum absolute atomic E-state index is 0. The monoisotopic (exact) mass is 336 g/mol. The predicted octanol–water partition coefficient (Wildman–Crippen LogP) is 2.89. The molecule has 20 heavy (non-hydrogen) atoms. The van der Waals surface area contributed by atoms with E-state index in [1.54, 1.807) is 0 Å². The molecule has 0 radical (unpaired) electrons. The summed E-state index contributed by atoms with van der Waals surface area (Å²) in [7, 11) is 1.93. The van der Waals surface area contributed by atoms with Crippen LogP contribution in [0, 0.1) is 0 Å². The van der Waals surface area contributed by atoms with Crippen molar-refractivity contribution in [2.75, 3.05) is 7.05 Å². The first-order chi connectivity index (χ1) is 9.10. The zero-order chi connectivity index (χ0) is 13.8. The second-order valence-corrected chi connectivity index (χ2v) is 5.00. The quantitative estimate of drug-likeness (QED) is 0.908. The Balaban J connectivity index is 0.00000200. The zero-order valence-corrected chi connectivity index (χ0v) is 13.2. The van der Waals surface area contributed by atoms with Gasteiger partial charge in [0.15, 0.2) is 5.82 Å². The SMILES string of the molecule is CN(Cc1noc(CN)n1)Cc1c(Cl)cccc1Cl.Cl. The van der Waals surface area contributed by atoms with E-state index >= 15 is 0 Å². The Bertz CT molecular complexity index is 541. The molecule has 0 atom stereocenters. The molecule has 0 bridgehead atoms. The normalized spacial score (nSPS) is 10.7. The van der Waals surface area contributed by atoms with Gasteiger partial charge in [0.2, 0.25) is 5.89 Å². The summed E-state index contributed by atoms with van der Waals surface area (Å²) in [5.41, 5.74) is 6.30. The molecule has 2 rings (SSSR count). The Labute approximate surface area is 133 Å². The first kappa shape index (κ1) is 17.2. The largest absolute Gasteiger partial charge is 0.338 e. The van der Waals surface area contributed by atoms with E-state index in [0.717, 1.165) is 5.56 Å². The second-order valence-electron chi connectivity index (χ2n) is 4.18. The number of halogens is 3. The fourth-order valence-corrected chi connectivity index (χ4v) is 2.20. The summed E-state index contributed by atoms with van der Waals surface area (Å²) in [6.45, 7) is 1.38. The van der Waals surface area contributed by atoms with Crippen molar-refractivity contribution in [2.24, 2.45) is 5.73 Å². The molecule has 0 aliphatic heterocycles. The molecule has 110 valence electrons. The molecule has 1 aromatic heterocycles. The number of benzene rings is 1. The maximum absolute atomic E-state index is 6.13. The van der Waals surface area contributed by atoms with Crippen LogP contribution in [0.1, 0.15) is 17.3 Å². The van der Waals surface area contributed by atoms with Crippen molar-refractivity contribution in [3.63, 3.8) is 0 Å². The van der Waals surface area contributed by atoms with Gasteiger partial charge in [-0.25, -0.2) is 0 Å². The van der Waals surface area contributed by atoms with Gasteiger partial charge in [-0.15, -0.1) is 12.4 Å². The van der Waals surface area contributed by atoms with Crippen LogP contribution in [-0.4, -0.2) is 22.1 Å². The van der Waals surface area contributed by atoms with E-state index in [0.29, 0.717) is 34.8 Å². The van der Waals surface area contributed by atoms with Crippen LogP contribution in [0.2, 0.25) is 10.0 Å². The van der Waals surface area contributed by atoms with Gasteiger partial charge < -0.3 is 10.3 Å². The topological polar surface area (TPSA) is 68.2 Å². The van der Waals surface area contributed by atoms with E-state index in [-0.39, 0.29) is 19.0 Å². The fraction of sp³-hybridized carbons (Fsp3) is 0.333. The third kappa shape index (κ3) is 4.33. The standard InChI is InChI=1S/C12H14Cl2N4O.ClH/c1-18(7-11-16-12(5-15)19-17-11)6-8-9(13)3-2-4-10(8)14;/h2-4H,5-7,15H2,1H3;1H. The van der Waals surface area contributed by atoms with Crippen LogP contribution in [-0.2, 0) is 19.6 Å². The highest BCUT2D eigenvalue weighted by Crippen LogP contribution is 2.25. The highest BCUT2D eigenvalue weighted by atomic mass is 35.5. The summed E-state index contributed by atoms with van der Waals surface area (Å²) in [5, 5.41) is 5.14.